The molecule has 1 atom stereocenters. The van der Waals surface area contributed by atoms with Gasteiger partial charge < -0.3 is 14.5 Å². The fourth-order valence-corrected chi connectivity index (χ4v) is 4.57. The van der Waals surface area contributed by atoms with Crippen molar-refractivity contribution in [3.63, 3.8) is 0 Å². The van der Waals surface area contributed by atoms with Crippen molar-refractivity contribution in [3.05, 3.63) is 65.2 Å². The molecule has 2 aromatic carbocycles. The number of methoxy groups -OCH3 is 1. The Kier molecular flexibility index (Phi) is 5.07. The summed E-state index contributed by atoms with van der Waals surface area (Å²) in [6.07, 6.45) is 1.06. The first-order valence-corrected chi connectivity index (χ1v) is 10.2. The summed E-state index contributed by atoms with van der Waals surface area (Å²) in [5.41, 5.74) is 3.46. The summed E-state index contributed by atoms with van der Waals surface area (Å²) in [6.45, 7) is 5.81. The van der Waals surface area contributed by atoms with Gasteiger partial charge >= 0.3 is 0 Å². The maximum absolute atomic E-state index is 12.9. The Morgan fingerprint density at radius 1 is 1.14 bits per heavy atom. The normalized spacial score (nSPS) is 20.1. The van der Waals surface area contributed by atoms with Crippen LogP contribution in [0.5, 0.6) is 5.75 Å². The number of amides is 2. The summed E-state index contributed by atoms with van der Waals surface area (Å²) >= 11 is 0. The third-order valence-electron chi connectivity index (χ3n) is 6.17. The number of carbonyl (C=O) groups is 2. The Bertz CT molecular complexity index is 920. The van der Waals surface area contributed by atoms with Crippen LogP contribution in [-0.4, -0.2) is 48.4 Å². The molecular weight excluding hydrogens is 364 g/mol. The Hall–Kier alpha value is -2.82. The van der Waals surface area contributed by atoms with E-state index in [4.69, 9.17) is 4.74 Å². The first-order valence-electron chi connectivity index (χ1n) is 10.2. The second kappa shape index (κ2) is 7.54. The monoisotopic (exact) mass is 392 g/mol. The average Bonchev–Trinajstić information content (AvgIpc) is 2.73. The molecule has 152 valence electrons. The fourth-order valence-electron chi connectivity index (χ4n) is 4.57. The number of rotatable bonds is 4. The Labute approximate surface area is 172 Å². The molecule has 0 aliphatic carbocycles. The molecule has 4 rings (SSSR count). The van der Waals surface area contributed by atoms with Crippen LogP contribution < -0.4 is 4.74 Å². The van der Waals surface area contributed by atoms with Gasteiger partial charge in [0.2, 0.25) is 11.8 Å². The number of hydrogen-bond acceptors (Lipinski definition) is 3. The zero-order chi connectivity index (χ0) is 20.6. The number of hydrogen-bond donors (Lipinski definition) is 0. The lowest BCUT2D eigenvalue weighted by Crippen LogP contribution is -2.58. The average molecular weight is 392 g/mol. The van der Waals surface area contributed by atoms with Gasteiger partial charge in [0.1, 0.15) is 5.75 Å². The van der Waals surface area contributed by atoms with Crippen molar-refractivity contribution >= 4 is 11.8 Å². The molecule has 2 aromatic rings. The highest BCUT2D eigenvalue weighted by atomic mass is 16.5. The van der Waals surface area contributed by atoms with E-state index in [-0.39, 0.29) is 29.8 Å². The van der Waals surface area contributed by atoms with Crippen molar-refractivity contribution in [3.8, 4) is 5.75 Å². The Balaban J connectivity index is 1.48. The standard InChI is InChI=1S/C24H28N2O3/c1-24(2)16-26-21(19-6-4-5-7-20(19)24)14-25(15-23(26)28)22(27)13-10-17-8-11-18(29-3)12-9-17/h4-9,11-12,21H,10,13-16H2,1-3H3. The van der Waals surface area contributed by atoms with Gasteiger partial charge in [-0.2, -0.15) is 0 Å². The molecule has 0 bridgehead atoms. The summed E-state index contributed by atoms with van der Waals surface area (Å²) in [7, 11) is 1.64. The zero-order valence-corrected chi connectivity index (χ0v) is 17.4. The quantitative estimate of drug-likeness (QED) is 0.802. The van der Waals surface area contributed by atoms with Crippen molar-refractivity contribution in [1.29, 1.82) is 0 Å². The zero-order valence-electron chi connectivity index (χ0n) is 17.4. The summed E-state index contributed by atoms with van der Waals surface area (Å²) in [4.78, 5) is 29.5. The van der Waals surface area contributed by atoms with Crippen LogP contribution in [-0.2, 0) is 21.4 Å². The molecular formula is C24H28N2O3. The van der Waals surface area contributed by atoms with E-state index in [0.29, 0.717) is 25.9 Å². The predicted molar refractivity (Wildman–Crippen MR) is 112 cm³/mol. The van der Waals surface area contributed by atoms with Gasteiger partial charge in [0.15, 0.2) is 0 Å². The van der Waals surface area contributed by atoms with Crippen LogP contribution in [0.1, 0.15) is 43.0 Å². The molecule has 0 N–H and O–H groups in total. The molecule has 0 radical (unpaired) electrons. The lowest BCUT2D eigenvalue weighted by Gasteiger charge is -2.49. The van der Waals surface area contributed by atoms with Crippen LogP contribution >= 0.6 is 0 Å². The van der Waals surface area contributed by atoms with E-state index in [1.807, 2.05) is 35.2 Å². The van der Waals surface area contributed by atoms with Crippen molar-refractivity contribution in [2.45, 2.75) is 38.1 Å². The van der Waals surface area contributed by atoms with Crippen molar-refractivity contribution in [2.24, 2.45) is 0 Å². The molecule has 0 saturated carbocycles. The molecule has 2 aliphatic heterocycles. The van der Waals surface area contributed by atoms with Gasteiger partial charge in [0, 0.05) is 24.9 Å². The number of carbonyl (C=O) groups excluding carboxylic acids is 2. The summed E-state index contributed by atoms with van der Waals surface area (Å²) in [5, 5.41) is 0. The van der Waals surface area contributed by atoms with Crippen LogP contribution in [0.3, 0.4) is 0 Å². The van der Waals surface area contributed by atoms with E-state index in [1.54, 1.807) is 12.0 Å². The van der Waals surface area contributed by atoms with Crippen LogP contribution in [0.4, 0.5) is 0 Å². The van der Waals surface area contributed by atoms with Crippen LogP contribution in [0.25, 0.3) is 0 Å². The van der Waals surface area contributed by atoms with Crippen molar-refractivity contribution in [1.82, 2.24) is 9.80 Å². The summed E-state index contributed by atoms with van der Waals surface area (Å²) < 4.78 is 5.18. The van der Waals surface area contributed by atoms with Crippen molar-refractivity contribution < 1.29 is 14.3 Å². The van der Waals surface area contributed by atoms with E-state index in [9.17, 15) is 9.59 Å². The largest absolute Gasteiger partial charge is 0.497 e. The minimum absolute atomic E-state index is 0.0381. The molecule has 2 heterocycles. The molecule has 29 heavy (non-hydrogen) atoms. The van der Waals surface area contributed by atoms with Gasteiger partial charge in [0.05, 0.1) is 19.7 Å². The van der Waals surface area contributed by atoms with Crippen LogP contribution in [0.15, 0.2) is 48.5 Å². The first-order chi connectivity index (χ1) is 13.9. The molecule has 5 nitrogen and oxygen atoms in total. The maximum atomic E-state index is 12.9. The third-order valence-corrected chi connectivity index (χ3v) is 6.17. The molecule has 2 amide bonds. The highest BCUT2D eigenvalue weighted by molar-refractivity contribution is 5.87. The van der Waals surface area contributed by atoms with E-state index in [1.165, 1.54) is 11.1 Å². The second-order valence-electron chi connectivity index (χ2n) is 8.63. The van der Waals surface area contributed by atoms with Gasteiger partial charge in [-0.1, -0.05) is 50.2 Å². The Morgan fingerprint density at radius 3 is 2.59 bits per heavy atom. The summed E-state index contributed by atoms with van der Waals surface area (Å²) in [5.74, 6) is 0.887. The number of aryl methyl sites for hydroxylation is 1. The molecule has 1 fully saturated rings. The predicted octanol–water partition coefficient (Wildman–Crippen LogP) is 3.33. The number of nitrogens with zero attached hydrogens (tertiary/aromatic N) is 2. The van der Waals surface area contributed by atoms with Gasteiger partial charge in [-0.25, -0.2) is 0 Å². The van der Waals surface area contributed by atoms with Gasteiger partial charge in [-0.3, -0.25) is 9.59 Å². The lowest BCUT2D eigenvalue weighted by atomic mass is 9.75. The second-order valence-corrected chi connectivity index (χ2v) is 8.63. The SMILES string of the molecule is COc1ccc(CCC(=O)N2CC(=O)N3CC(C)(C)c4ccccc4C3C2)cc1. The third kappa shape index (κ3) is 3.74. The van der Waals surface area contributed by atoms with Gasteiger partial charge in [-0.05, 0) is 35.2 Å². The lowest BCUT2D eigenvalue weighted by molar-refractivity contribution is -0.150. The smallest absolute Gasteiger partial charge is 0.242 e. The summed E-state index contributed by atoms with van der Waals surface area (Å²) in [6, 6.07) is 16.1. The Morgan fingerprint density at radius 2 is 1.86 bits per heavy atom. The molecule has 5 heteroatoms. The van der Waals surface area contributed by atoms with Gasteiger partial charge in [-0.15, -0.1) is 0 Å². The molecule has 1 saturated heterocycles. The fraction of sp³-hybridized carbons (Fsp3) is 0.417. The first kappa shape index (κ1) is 19.5. The highest BCUT2D eigenvalue weighted by Gasteiger charge is 2.43. The number of piperazine rings is 1. The topological polar surface area (TPSA) is 49.9 Å². The highest BCUT2D eigenvalue weighted by Crippen LogP contribution is 2.41. The molecule has 2 aliphatic rings. The number of ether oxygens (including phenoxy) is 1. The van der Waals surface area contributed by atoms with E-state index in [0.717, 1.165) is 11.3 Å². The molecule has 0 aromatic heterocycles. The van der Waals surface area contributed by atoms with Crippen LogP contribution in [0, 0.1) is 0 Å². The number of benzene rings is 2. The van der Waals surface area contributed by atoms with Gasteiger partial charge in [0.25, 0.3) is 0 Å². The van der Waals surface area contributed by atoms with Crippen LogP contribution in [0.2, 0.25) is 0 Å². The van der Waals surface area contributed by atoms with E-state index >= 15 is 0 Å². The van der Waals surface area contributed by atoms with E-state index < -0.39 is 0 Å². The van der Waals surface area contributed by atoms with E-state index in [2.05, 4.69) is 32.0 Å². The minimum Gasteiger partial charge on any atom is -0.497 e. The number of fused-ring (bicyclic) bond motifs is 3. The minimum atomic E-state index is -0.0801. The molecule has 0 spiro atoms. The molecule has 1 unspecified atom stereocenters. The van der Waals surface area contributed by atoms with Crippen molar-refractivity contribution in [2.75, 3.05) is 26.7 Å². The maximum Gasteiger partial charge on any atom is 0.242 e.